The van der Waals surface area contributed by atoms with Crippen LogP contribution in [0.25, 0.3) is 0 Å². The molecular formula is C14H18O. The maximum absolute atomic E-state index is 5.82. The SMILES string of the molecule is C[C@H]1CC=C[C@@H](CCc2ccccc2)O1. The van der Waals surface area contributed by atoms with Gasteiger partial charge in [0.25, 0.3) is 0 Å². The number of ether oxygens (including phenoxy) is 1. The van der Waals surface area contributed by atoms with Gasteiger partial charge in [-0.2, -0.15) is 0 Å². The molecule has 0 fully saturated rings. The van der Waals surface area contributed by atoms with Gasteiger partial charge >= 0.3 is 0 Å². The maximum Gasteiger partial charge on any atom is 0.0762 e. The van der Waals surface area contributed by atoms with Gasteiger partial charge in [-0.25, -0.2) is 0 Å². The van der Waals surface area contributed by atoms with Crippen LogP contribution >= 0.6 is 0 Å². The predicted molar refractivity (Wildman–Crippen MR) is 62.9 cm³/mol. The molecule has 2 atom stereocenters. The normalized spacial score (nSPS) is 25.4. The highest BCUT2D eigenvalue weighted by Gasteiger charge is 2.13. The molecule has 0 aromatic heterocycles. The van der Waals surface area contributed by atoms with Gasteiger partial charge in [-0.1, -0.05) is 42.5 Å². The van der Waals surface area contributed by atoms with Crippen LogP contribution in [0.1, 0.15) is 25.3 Å². The fraction of sp³-hybridized carbons (Fsp3) is 0.429. The second-order valence-electron chi connectivity index (χ2n) is 4.17. The van der Waals surface area contributed by atoms with Gasteiger partial charge in [-0.3, -0.25) is 0 Å². The number of hydrogen-bond donors (Lipinski definition) is 0. The van der Waals surface area contributed by atoms with Gasteiger partial charge < -0.3 is 4.74 Å². The minimum Gasteiger partial charge on any atom is -0.371 e. The summed E-state index contributed by atoms with van der Waals surface area (Å²) in [6.45, 7) is 2.14. The standard InChI is InChI=1S/C14H18O/c1-12-6-5-9-14(15-12)11-10-13-7-3-2-4-8-13/h2-5,7-9,12,14H,6,10-11H2,1H3/t12-,14-/m0/s1. The summed E-state index contributed by atoms with van der Waals surface area (Å²) >= 11 is 0. The fourth-order valence-electron chi connectivity index (χ4n) is 1.94. The van der Waals surface area contributed by atoms with Crippen molar-refractivity contribution in [1.29, 1.82) is 0 Å². The van der Waals surface area contributed by atoms with Crippen LogP contribution in [0.2, 0.25) is 0 Å². The van der Waals surface area contributed by atoms with E-state index in [0.717, 1.165) is 19.3 Å². The molecule has 0 saturated carbocycles. The van der Waals surface area contributed by atoms with E-state index in [-0.39, 0.29) is 0 Å². The monoisotopic (exact) mass is 202 g/mol. The molecule has 1 heteroatoms. The summed E-state index contributed by atoms with van der Waals surface area (Å²) in [7, 11) is 0. The summed E-state index contributed by atoms with van der Waals surface area (Å²) < 4.78 is 5.82. The zero-order chi connectivity index (χ0) is 10.5. The van der Waals surface area contributed by atoms with Gasteiger partial charge in [0.1, 0.15) is 0 Å². The molecule has 15 heavy (non-hydrogen) atoms. The van der Waals surface area contributed by atoms with E-state index in [2.05, 4.69) is 49.4 Å². The molecule has 2 rings (SSSR count). The Balaban J connectivity index is 1.83. The van der Waals surface area contributed by atoms with Gasteiger partial charge in [-0.15, -0.1) is 0 Å². The van der Waals surface area contributed by atoms with Crippen LogP contribution < -0.4 is 0 Å². The quantitative estimate of drug-likeness (QED) is 0.683. The highest BCUT2D eigenvalue weighted by atomic mass is 16.5. The van der Waals surface area contributed by atoms with Crippen molar-refractivity contribution in [3.8, 4) is 0 Å². The average molecular weight is 202 g/mol. The maximum atomic E-state index is 5.82. The van der Waals surface area contributed by atoms with Gasteiger partial charge in [-0.05, 0) is 31.7 Å². The minimum absolute atomic E-state index is 0.314. The smallest absolute Gasteiger partial charge is 0.0762 e. The van der Waals surface area contributed by atoms with Crippen molar-refractivity contribution in [1.82, 2.24) is 0 Å². The van der Waals surface area contributed by atoms with Crippen LogP contribution in [-0.4, -0.2) is 12.2 Å². The van der Waals surface area contributed by atoms with Crippen LogP contribution in [0.5, 0.6) is 0 Å². The summed E-state index contributed by atoms with van der Waals surface area (Å²) in [4.78, 5) is 0. The van der Waals surface area contributed by atoms with Crippen molar-refractivity contribution < 1.29 is 4.74 Å². The van der Waals surface area contributed by atoms with Gasteiger partial charge in [0, 0.05) is 0 Å². The van der Waals surface area contributed by atoms with Crippen molar-refractivity contribution in [2.45, 2.75) is 38.4 Å². The third-order valence-corrected chi connectivity index (χ3v) is 2.79. The topological polar surface area (TPSA) is 9.23 Å². The summed E-state index contributed by atoms with van der Waals surface area (Å²) in [5, 5.41) is 0. The van der Waals surface area contributed by atoms with Crippen LogP contribution in [0.4, 0.5) is 0 Å². The largest absolute Gasteiger partial charge is 0.371 e. The molecule has 1 nitrogen and oxygen atoms in total. The second kappa shape index (κ2) is 5.13. The van der Waals surface area contributed by atoms with Gasteiger partial charge in [0.05, 0.1) is 12.2 Å². The van der Waals surface area contributed by atoms with Gasteiger partial charge in [0.2, 0.25) is 0 Å². The molecule has 0 amide bonds. The number of rotatable bonds is 3. The average Bonchev–Trinajstić information content (AvgIpc) is 2.28. The van der Waals surface area contributed by atoms with Crippen LogP contribution in [0.3, 0.4) is 0 Å². The number of hydrogen-bond acceptors (Lipinski definition) is 1. The van der Waals surface area contributed by atoms with E-state index < -0.39 is 0 Å². The minimum atomic E-state index is 0.314. The fourth-order valence-corrected chi connectivity index (χ4v) is 1.94. The van der Waals surface area contributed by atoms with E-state index >= 15 is 0 Å². The lowest BCUT2D eigenvalue weighted by atomic mass is 10.0. The zero-order valence-corrected chi connectivity index (χ0v) is 9.23. The van der Waals surface area contributed by atoms with Crippen molar-refractivity contribution in [3.63, 3.8) is 0 Å². The van der Waals surface area contributed by atoms with E-state index in [1.807, 2.05) is 0 Å². The predicted octanol–water partition coefficient (Wildman–Crippen LogP) is 3.35. The van der Waals surface area contributed by atoms with E-state index in [9.17, 15) is 0 Å². The summed E-state index contributed by atoms with van der Waals surface area (Å²) in [6, 6.07) is 10.6. The molecular weight excluding hydrogens is 184 g/mol. The lowest BCUT2D eigenvalue weighted by Gasteiger charge is -2.23. The molecule has 0 spiro atoms. The third-order valence-electron chi connectivity index (χ3n) is 2.79. The molecule has 0 saturated heterocycles. The molecule has 0 bridgehead atoms. The molecule has 1 aromatic carbocycles. The first-order chi connectivity index (χ1) is 7.34. The Kier molecular flexibility index (Phi) is 3.57. The Morgan fingerprint density at radius 3 is 2.80 bits per heavy atom. The Morgan fingerprint density at radius 2 is 2.07 bits per heavy atom. The number of benzene rings is 1. The number of aryl methyl sites for hydroxylation is 1. The molecule has 1 aromatic rings. The van der Waals surface area contributed by atoms with Crippen molar-refractivity contribution >= 4 is 0 Å². The van der Waals surface area contributed by atoms with Crippen LogP contribution in [0, 0.1) is 0 Å². The lowest BCUT2D eigenvalue weighted by molar-refractivity contribution is 0.0136. The van der Waals surface area contributed by atoms with Crippen LogP contribution in [0.15, 0.2) is 42.5 Å². The summed E-state index contributed by atoms with van der Waals surface area (Å²) in [5.74, 6) is 0. The van der Waals surface area contributed by atoms with E-state index in [0.29, 0.717) is 12.2 Å². The molecule has 0 unspecified atom stereocenters. The van der Waals surface area contributed by atoms with Gasteiger partial charge in [0.15, 0.2) is 0 Å². The first-order valence-corrected chi connectivity index (χ1v) is 5.70. The highest BCUT2D eigenvalue weighted by Crippen LogP contribution is 2.16. The molecule has 0 aliphatic carbocycles. The summed E-state index contributed by atoms with van der Waals surface area (Å²) in [5.41, 5.74) is 1.40. The first-order valence-electron chi connectivity index (χ1n) is 5.70. The van der Waals surface area contributed by atoms with Crippen molar-refractivity contribution in [2.24, 2.45) is 0 Å². The zero-order valence-electron chi connectivity index (χ0n) is 9.23. The third kappa shape index (κ3) is 3.21. The second-order valence-corrected chi connectivity index (χ2v) is 4.17. The Morgan fingerprint density at radius 1 is 1.27 bits per heavy atom. The molecule has 0 N–H and O–H groups in total. The molecule has 80 valence electrons. The van der Waals surface area contributed by atoms with E-state index in [4.69, 9.17) is 4.74 Å². The van der Waals surface area contributed by atoms with Crippen molar-refractivity contribution in [2.75, 3.05) is 0 Å². The summed E-state index contributed by atoms with van der Waals surface area (Å²) in [6.07, 6.45) is 8.38. The lowest BCUT2D eigenvalue weighted by Crippen LogP contribution is -2.21. The first kappa shape index (κ1) is 10.4. The Bertz CT molecular complexity index is 315. The Hall–Kier alpha value is -1.08. The molecule has 1 heterocycles. The Labute approximate surface area is 91.8 Å². The molecule has 1 aliphatic rings. The molecule has 0 radical (unpaired) electrons. The van der Waals surface area contributed by atoms with Crippen LogP contribution in [-0.2, 0) is 11.2 Å². The van der Waals surface area contributed by atoms with E-state index in [1.165, 1.54) is 5.56 Å². The van der Waals surface area contributed by atoms with Crippen molar-refractivity contribution in [3.05, 3.63) is 48.0 Å². The van der Waals surface area contributed by atoms with E-state index in [1.54, 1.807) is 0 Å². The molecule has 1 aliphatic heterocycles. The highest BCUT2D eigenvalue weighted by molar-refractivity contribution is 5.15.